The largest absolute Gasteiger partial charge is 0.330 e. The first kappa shape index (κ1) is 14.1. The number of hydrogen-bond acceptors (Lipinski definition) is 2. The number of rotatable bonds is 6. The number of hydrogen-bond donors (Lipinski definition) is 2. The lowest BCUT2D eigenvalue weighted by atomic mass is 9.90. The number of nitrogens with one attached hydrogen (secondary N) is 1. The van der Waals surface area contributed by atoms with Gasteiger partial charge in [0.05, 0.1) is 0 Å². The van der Waals surface area contributed by atoms with Gasteiger partial charge in [0, 0.05) is 6.54 Å². The minimum atomic E-state index is -0.807. The highest BCUT2D eigenvalue weighted by molar-refractivity contribution is 5.17. The Labute approximate surface area is 101 Å². The average molecular weight is 242 g/mol. The molecule has 1 aromatic rings. The van der Waals surface area contributed by atoms with Crippen LogP contribution in [0.4, 0.5) is 8.78 Å². The van der Waals surface area contributed by atoms with Crippen LogP contribution in [0.25, 0.3) is 0 Å². The van der Waals surface area contributed by atoms with Crippen molar-refractivity contribution < 1.29 is 8.78 Å². The summed E-state index contributed by atoms with van der Waals surface area (Å²) in [5, 5.41) is 3.19. The van der Waals surface area contributed by atoms with Gasteiger partial charge in [-0.05, 0) is 42.6 Å². The summed E-state index contributed by atoms with van der Waals surface area (Å²) in [6, 6.07) is 3.95. The zero-order valence-corrected chi connectivity index (χ0v) is 10.4. The molecule has 1 aromatic carbocycles. The molecule has 0 unspecified atom stereocenters. The van der Waals surface area contributed by atoms with E-state index >= 15 is 0 Å². The fraction of sp³-hybridized carbons (Fsp3) is 0.538. The molecule has 0 amide bonds. The van der Waals surface area contributed by atoms with Gasteiger partial charge in [0.15, 0.2) is 11.6 Å². The van der Waals surface area contributed by atoms with E-state index < -0.39 is 11.6 Å². The van der Waals surface area contributed by atoms with E-state index in [9.17, 15) is 8.78 Å². The van der Waals surface area contributed by atoms with Crippen molar-refractivity contribution in [2.45, 2.75) is 26.8 Å². The first-order chi connectivity index (χ1) is 7.94. The van der Waals surface area contributed by atoms with Crippen molar-refractivity contribution in [3.05, 3.63) is 35.4 Å². The lowest BCUT2D eigenvalue weighted by Gasteiger charge is -2.22. The van der Waals surface area contributed by atoms with Crippen LogP contribution in [-0.2, 0) is 6.54 Å². The van der Waals surface area contributed by atoms with Gasteiger partial charge < -0.3 is 11.1 Å². The zero-order valence-electron chi connectivity index (χ0n) is 10.4. The highest BCUT2D eigenvalue weighted by atomic mass is 19.2. The van der Waals surface area contributed by atoms with Crippen molar-refractivity contribution in [1.82, 2.24) is 5.32 Å². The fourth-order valence-electron chi connectivity index (χ4n) is 1.41. The van der Waals surface area contributed by atoms with Crippen LogP contribution < -0.4 is 11.1 Å². The molecule has 1 rings (SSSR count). The minimum Gasteiger partial charge on any atom is -0.330 e. The van der Waals surface area contributed by atoms with Crippen molar-refractivity contribution in [3.8, 4) is 0 Å². The van der Waals surface area contributed by atoms with Crippen molar-refractivity contribution in [1.29, 1.82) is 0 Å². The molecule has 0 atom stereocenters. The molecule has 17 heavy (non-hydrogen) atoms. The maximum Gasteiger partial charge on any atom is 0.159 e. The van der Waals surface area contributed by atoms with Crippen molar-refractivity contribution >= 4 is 0 Å². The topological polar surface area (TPSA) is 38.0 Å². The van der Waals surface area contributed by atoms with E-state index in [0.717, 1.165) is 24.6 Å². The third-order valence-corrected chi connectivity index (χ3v) is 2.84. The Hall–Kier alpha value is -1.00. The van der Waals surface area contributed by atoms with E-state index in [0.29, 0.717) is 13.1 Å². The summed E-state index contributed by atoms with van der Waals surface area (Å²) in [5.74, 6) is -1.61. The Morgan fingerprint density at radius 3 is 2.53 bits per heavy atom. The maximum absolute atomic E-state index is 12.9. The van der Waals surface area contributed by atoms with E-state index in [-0.39, 0.29) is 5.41 Å². The molecule has 0 aliphatic heterocycles. The first-order valence-corrected chi connectivity index (χ1v) is 5.79. The fourth-order valence-corrected chi connectivity index (χ4v) is 1.41. The Morgan fingerprint density at radius 2 is 1.94 bits per heavy atom. The molecule has 3 N–H and O–H groups in total. The molecule has 0 spiro atoms. The predicted octanol–water partition coefficient (Wildman–Crippen LogP) is 2.43. The molecular formula is C13H20F2N2. The van der Waals surface area contributed by atoms with E-state index in [1.807, 2.05) is 0 Å². The van der Waals surface area contributed by atoms with Gasteiger partial charge in [0.25, 0.3) is 0 Å². The highest BCUT2D eigenvalue weighted by Crippen LogP contribution is 2.16. The van der Waals surface area contributed by atoms with Gasteiger partial charge in [0.2, 0.25) is 0 Å². The molecular weight excluding hydrogens is 222 g/mol. The van der Waals surface area contributed by atoms with Crippen molar-refractivity contribution in [2.24, 2.45) is 11.1 Å². The molecule has 0 aromatic heterocycles. The highest BCUT2D eigenvalue weighted by Gasteiger charge is 2.14. The van der Waals surface area contributed by atoms with Gasteiger partial charge in [-0.3, -0.25) is 0 Å². The third-order valence-electron chi connectivity index (χ3n) is 2.84. The summed E-state index contributed by atoms with van der Waals surface area (Å²) in [5.41, 5.74) is 6.47. The lowest BCUT2D eigenvalue weighted by molar-refractivity contribution is 0.339. The molecule has 0 aliphatic rings. The van der Waals surface area contributed by atoms with Crippen molar-refractivity contribution in [2.75, 3.05) is 13.1 Å². The second-order valence-corrected chi connectivity index (χ2v) is 5.04. The average Bonchev–Trinajstić information content (AvgIpc) is 2.29. The van der Waals surface area contributed by atoms with Crippen LogP contribution in [0.1, 0.15) is 25.8 Å². The minimum absolute atomic E-state index is 0.112. The van der Waals surface area contributed by atoms with E-state index in [2.05, 4.69) is 19.2 Å². The monoisotopic (exact) mass is 242 g/mol. The van der Waals surface area contributed by atoms with Crippen LogP contribution in [0.2, 0.25) is 0 Å². The SMILES string of the molecule is CC(C)(CN)CCNCc1ccc(F)c(F)c1. The van der Waals surface area contributed by atoms with Crippen LogP contribution in [0.15, 0.2) is 18.2 Å². The molecule has 2 nitrogen and oxygen atoms in total. The summed E-state index contributed by atoms with van der Waals surface area (Å²) >= 11 is 0. The molecule has 0 bridgehead atoms. The van der Waals surface area contributed by atoms with Crippen LogP contribution in [0.3, 0.4) is 0 Å². The smallest absolute Gasteiger partial charge is 0.159 e. The zero-order chi connectivity index (χ0) is 12.9. The lowest BCUT2D eigenvalue weighted by Crippen LogP contribution is -2.28. The quantitative estimate of drug-likeness (QED) is 0.752. The van der Waals surface area contributed by atoms with Crippen molar-refractivity contribution in [3.63, 3.8) is 0 Å². The summed E-state index contributed by atoms with van der Waals surface area (Å²) < 4.78 is 25.6. The molecule has 0 saturated carbocycles. The van der Waals surface area contributed by atoms with E-state index in [1.54, 1.807) is 6.07 Å². The first-order valence-electron chi connectivity index (χ1n) is 5.79. The summed E-state index contributed by atoms with van der Waals surface area (Å²) in [6.07, 6.45) is 0.952. The van der Waals surface area contributed by atoms with Gasteiger partial charge >= 0.3 is 0 Å². The van der Waals surface area contributed by atoms with Gasteiger partial charge in [-0.15, -0.1) is 0 Å². The van der Waals surface area contributed by atoms with E-state index in [1.165, 1.54) is 6.07 Å². The molecule has 0 aliphatic carbocycles. The molecule has 0 saturated heterocycles. The second-order valence-electron chi connectivity index (χ2n) is 5.04. The summed E-state index contributed by atoms with van der Waals surface area (Å²) in [6.45, 7) is 6.19. The normalized spacial score (nSPS) is 11.8. The summed E-state index contributed by atoms with van der Waals surface area (Å²) in [7, 11) is 0. The number of benzene rings is 1. The molecule has 0 heterocycles. The molecule has 96 valence electrons. The Morgan fingerprint density at radius 1 is 1.24 bits per heavy atom. The summed E-state index contributed by atoms with van der Waals surface area (Å²) in [4.78, 5) is 0. The van der Waals surface area contributed by atoms with Gasteiger partial charge in [-0.25, -0.2) is 8.78 Å². The standard InChI is InChI=1S/C13H20F2N2/c1-13(2,9-16)5-6-17-8-10-3-4-11(14)12(15)7-10/h3-4,7,17H,5-6,8-9,16H2,1-2H3. The Kier molecular flexibility index (Phi) is 5.02. The van der Waals surface area contributed by atoms with Crippen LogP contribution in [0, 0.1) is 17.0 Å². The predicted molar refractivity (Wildman–Crippen MR) is 65.5 cm³/mol. The second kappa shape index (κ2) is 6.07. The molecule has 0 radical (unpaired) electrons. The van der Waals surface area contributed by atoms with E-state index in [4.69, 9.17) is 5.73 Å². The third kappa shape index (κ3) is 4.79. The van der Waals surface area contributed by atoms with Crippen LogP contribution >= 0.6 is 0 Å². The van der Waals surface area contributed by atoms with Gasteiger partial charge in [0.1, 0.15) is 0 Å². The maximum atomic E-state index is 12.9. The van der Waals surface area contributed by atoms with Crippen LogP contribution in [-0.4, -0.2) is 13.1 Å². The Balaban J connectivity index is 2.34. The molecule has 0 fully saturated rings. The molecule has 4 heteroatoms. The van der Waals surface area contributed by atoms with Gasteiger partial charge in [-0.1, -0.05) is 19.9 Å². The number of nitrogens with two attached hydrogens (primary N) is 1. The van der Waals surface area contributed by atoms with Gasteiger partial charge in [-0.2, -0.15) is 0 Å². The van der Waals surface area contributed by atoms with Crippen LogP contribution in [0.5, 0.6) is 0 Å². The Bertz CT molecular complexity index is 364. The number of halogens is 2.